The zero-order valence-electron chi connectivity index (χ0n) is 12.2. The topological polar surface area (TPSA) is 42.4 Å². The average Bonchev–Trinajstić information content (AvgIpc) is 2.82. The lowest BCUT2D eigenvalue weighted by Crippen LogP contribution is -2.35. The fraction of sp³-hybridized carbons (Fsp3) is 0.500. The van der Waals surface area contributed by atoms with Gasteiger partial charge in [-0.15, -0.1) is 12.3 Å². The van der Waals surface area contributed by atoms with Gasteiger partial charge in [0.05, 0.1) is 0 Å². The summed E-state index contributed by atoms with van der Waals surface area (Å²) in [4.78, 5) is 17.9. The van der Waals surface area contributed by atoms with Crippen molar-refractivity contribution in [3.05, 3.63) is 30.1 Å². The van der Waals surface area contributed by atoms with Crippen molar-refractivity contribution in [2.45, 2.75) is 32.3 Å². The molecule has 1 amide bonds. The quantitative estimate of drug-likeness (QED) is 0.738. The third-order valence-corrected chi connectivity index (χ3v) is 3.30. The molecule has 4 nitrogen and oxygen atoms in total. The summed E-state index contributed by atoms with van der Waals surface area (Å²) in [6.07, 6.45) is 8.84. The molecule has 0 aliphatic carbocycles. The van der Waals surface area contributed by atoms with Crippen molar-refractivity contribution in [3.63, 3.8) is 0 Å². The van der Waals surface area contributed by atoms with Crippen LogP contribution < -0.4 is 0 Å². The van der Waals surface area contributed by atoms with Crippen molar-refractivity contribution in [1.29, 1.82) is 0 Å². The first-order chi connectivity index (χ1) is 9.40. The molecule has 0 radical (unpaired) electrons. The van der Waals surface area contributed by atoms with E-state index in [0.29, 0.717) is 13.1 Å². The highest BCUT2D eigenvalue weighted by Gasteiger charge is 2.37. The maximum Gasteiger partial charge on any atom is 0.410 e. The van der Waals surface area contributed by atoms with Crippen molar-refractivity contribution in [2.75, 3.05) is 13.1 Å². The Morgan fingerprint density at radius 2 is 2.25 bits per heavy atom. The molecule has 0 saturated carbocycles. The smallest absolute Gasteiger partial charge is 0.410 e. The molecule has 0 spiro atoms. The highest BCUT2D eigenvalue weighted by Crippen LogP contribution is 2.32. The predicted octanol–water partition coefficient (Wildman–Crippen LogP) is 2.67. The first-order valence-corrected chi connectivity index (χ1v) is 6.74. The van der Waals surface area contributed by atoms with E-state index < -0.39 is 5.60 Å². The number of rotatable bonds is 1. The number of hydrogen-bond donors (Lipinski definition) is 0. The zero-order chi connectivity index (χ0) is 14.8. The molecular weight excluding hydrogens is 252 g/mol. The van der Waals surface area contributed by atoms with Gasteiger partial charge in [-0.2, -0.15) is 0 Å². The van der Waals surface area contributed by atoms with Crippen LogP contribution in [0.5, 0.6) is 0 Å². The molecule has 2 atom stereocenters. The highest BCUT2D eigenvalue weighted by atomic mass is 16.6. The van der Waals surface area contributed by atoms with Gasteiger partial charge in [-0.3, -0.25) is 4.98 Å². The Morgan fingerprint density at radius 3 is 2.80 bits per heavy atom. The van der Waals surface area contributed by atoms with Gasteiger partial charge in [-0.1, -0.05) is 6.07 Å². The lowest BCUT2D eigenvalue weighted by molar-refractivity contribution is 0.0289. The molecule has 0 unspecified atom stereocenters. The second-order valence-corrected chi connectivity index (χ2v) is 6.05. The molecule has 106 valence electrons. The number of aromatic nitrogens is 1. The van der Waals surface area contributed by atoms with Crippen LogP contribution in [0.15, 0.2) is 24.5 Å². The fourth-order valence-corrected chi connectivity index (χ4v) is 2.38. The van der Waals surface area contributed by atoms with Gasteiger partial charge in [0.25, 0.3) is 0 Å². The summed E-state index contributed by atoms with van der Waals surface area (Å²) in [6, 6.07) is 3.89. The molecule has 2 heterocycles. The number of amides is 1. The minimum Gasteiger partial charge on any atom is -0.444 e. The van der Waals surface area contributed by atoms with Crippen LogP contribution in [0, 0.1) is 18.3 Å². The van der Waals surface area contributed by atoms with Crippen LogP contribution in [0.4, 0.5) is 4.79 Å². The maximum atomic E-state index is 12.1. The first-order valence-electron chi connectivity index (χ1n) is 6.74. The highest BCUT2D eigenvalue weighted by molar-refractivity contribution is 5.69. The van der Waals surface area contributed by atoms with E-state index >= 15 is 0 Å². The van der Waals surface area contributed by atoms with Gasteiger partial charge in [-0.05, 0) is 32.4 Å². The average molecular weight is 272 g/mol. The Bertz CT molecular complexity index is 514. The molecule has 20 heavy (non-hydrogen) atoms. The summed E-state index contributed by atoms with van der Waals surface area (Å²) in [7, 11) is 0. The largest absolute Gasteiger partial charge is 0.444 e. The van der Waals surface area contributed by atoms with Gasteiger partial charge < -0.3 is 9.64 Å². The van der Waals surface area contributed by atoms with E-state index in [1.807, 2.05) is 39.1 Å². The molecule has 0 aromatic carbocycles. The second kappa shape index (κ2) is 5.54. The molecule has 1 aromatic rings. The minimum absolute atomic E-state index is 0.00622. The van der Waals surface area contributed by atoms with Crippen LogP contribution in [0.3, 0.4) is 0 Å². The number of carbonyl (C=O) groups excluding carboxylic acids is 1. The Kier molecular flexibility index (Phi) is 3.99. The number of likely N-dealkylation sites (tertiary alicyclic amines) is 1. The lowest BCUT2D eigenvalue weighted by Gasteiger charge is -2.24. The van der Waals surface area contributed by atoms with Crippen LogP contribution in [-0.4, -0.2) is 34.7 Å². The third-order valence-electron chi connectivity index (χ3n) is 3.30. The molecule has 2 rings (SSSR count). The normalized spacial score (nSPS) is 22.4. The van der Waals surface area contributed by atoms with Crippen LogP contribution >= 0.6 is 0 Å². The fourth-order valence-electron chi connectivity index (χ4n) is 2.38. The predicted molar refractivity (Wildman–Crippen MR) is 77.1 cm³/mol. The summed E-state index contributed by atoms with van der Waals surface area (Å²) in [5.41, 5.74) is 0.580. The molecule has 1 saturated heterocycles. The number of nitrogens with zero attached hydrogens (tertiary/aromatic N) is 2. The van der Waals surface area contributed by atoms with Gasteiger partial charge >= 0.3 is 6.09 Å². The molecular formula is C16H20N2O2. The van der Waals surface area contributed by atoms with Crippen molar-refractivity contribution >= 4 is 6.09 Å². The van der Waals surface area contributed by atoms with Crippen molar-refractivity contribution in [3.8, 4) is 12.3 Å². The molecule has 1 aliphatic heterocycles. The Hall–Kier alpha value is -2.02. The third kappa shape index (κ3) is 3.30. The van der Waals surface area contributed by atoms with E-state index in [1.165, 1.54) is 0 Å². The Balaban J connectivity index is 2.11. The van der Waals surface area contributed by atoms with Crippen molar-refractivity contribution in [2.24, 2.45) is 5.92 Å². The molecule has 4 heteroatoms. The van der Waals surface area contributed by atoms with Crippen LogP contribution in [-0.2, 0) is 4.74 Å². The monoisotopic (exact) mass is 272 g/mol. The lowest BCUT2D eigenvalue weighted by atomic mass is 9.91. The molecule has 1 fully saturated rings. The van der Waals surface area contributed by atoms with Gasteiger partial charge in [0.1, 0.15) is 5.60 Å². The molecule has 1 aromatic heterocycles. The number of pyridine rings is 1. The number of terminal acetylenes is 1. The van der Waals surface area contributed by atoms with E-state index in [9.17, 15) is 4.79 Å². The standard InChI is InChI=1S/C16H20N2O2/c1-5-12-10-18(15(19)20-16(2,3)4)11-14(12)13-7-6-8-17-9-13/h1,6-9,12,14H,10-11H2,2-4H3/t12-,14-/m1/s1. The van der Waals surface area contributed by atoms with Crippen LogP contribution in [0.2, 0.25) is 0 Å². The van der Waals surface area contributed by atoms with Gasteiger partial charge in [-0.25, -0.2) is 4.79 Å². The number of ether oxygens (including phenoxy) is 1. The van der Waals surface area contributed by atoms with E-state index in [-0.39, 0.29) is 17.9 Å². The second-order valence-electron chi connectivity index (χ2n) is 6.05. The zero-order valence-corrected chi connectivity index (χ0v) is 12.2. The van der Waals surface area contributed by atoms with E-state index in [2.05, 4.69) is 10.9 Å². The summed E-state index contributed by atoms with van der Waals surface area (Å²) >= 11 is 0. The van der Waals surface area contributed by atoms with Gasteiger partial charge in [0.2, 0.25) is 0 Å². The molecule has 1 aliphatic rings. The minimum atomic E-state index is -0.491. The Labute approximate surface area is 120 Å². The summed E-state index contributed by atoms with van der Waals surface area (Å²) in [5, 5.41) is 0. The Morgan fingerprint density at radius 1 is 1.50 bits per heavy atom. The van der Waals surface area contributed by atoms with E-state index in [4.69, 9.17) is 11.2 Å². The van der Waals surface area contributed by atoms with E-state index in [1.54, 1.807) is 11.1 Å². The molecule has 0 bridgehead atoms. The summed E-state index contributed by atoms with van der Waals surface area (Å²) in [6.45, 7) is 6.69. The van der Waals surface area contributed by atoms with Crippen LogP contribution in [0.1, 0.15) is 32.3 Å². The SMILES string of the molecule is C#C[C@@H]1CN(C(=O)OC(C)(C)C)C[C@H]1c1cccnc1. The van der Waals surface area contributed by atoms with Gasteiger partial charge in [0, 0.05) is 37.3 Å². The van der Waals surface area contributed by atoms with E-state index in [0.717, 1.165) is 5.56 Å². The first kappa shape index (κ1) is 14.4. The number of hydrogen-bond acceptors (Lipinski definition) is 3. The number of carbonyl (C=O) groups is 1. The maximum absolute atomic E-state index is 12.1. The van der Waals surface area contributed by atoms with Crippen molar-refractivity contribution < 1.29 is 9.53 Å². The summed E-state index contributed by atoms with van der Waals surface area (Å²) < 4.78 is 5.40. The summed E-state index contributed by atoms with van der Waals surface area (Å²) in [5.74, 6) is 2.92. The van der Waals surface area contributed by atoms with Crippen LogP contribution in [0.25, 0.3) is 0 Å². The molecule has 0 N–H and O–H groups in total. The van der Waals surface area contributed by atoms with Gasteiger partial charge in [0.15, 0.2) is 0 Å². The van der Waals surface area contributed by atoms with Crippen molar-refractivity contribution in [1.82, 2.24) is 9.88 Å².